The molecule has 0 aromatic heterocycles. The summed E-state index contributed by atoms with van der Waals surface area (Å²) in [5.74, 6) is -0.568. The van der Waals surface area contributed by atoms with Gasteiger partial charge in [-0.05, 0) is 31.0 Å². The van der Waals surface area contributed by atoms with Crippen LogP contribution in [0.1, 0.15) is 29.6 Å². The normalized spacial score (nSPS) is 23.2. The highest BCUT2D eigenvalue weighted by Crippen LogP contribution is 2.24. The predicted octanol–water partition coefficient (Wildman–Crippen LogP) is 1.60. The van der Waals surface area contributed by atoms with E-state index in [9.17, 15) is 14.4 Å². The zero-order chi connectivity index (χ0) is 17.3. The molecule has 8 heteroatoms. The Balaban J connectivity index is 1.71. The topological polar surface area (TPSA) is 78.5 Å². The summed E-state index contributed by atoms with van der Waals surface area (Å²) >= 11 is 11.9. The second-order valence-electron chi connectivity index (χ2n) is 6.03. The summed E-state index contributed by atoms with van der Waals surface area (Å²) in [7, 11) is 0. The van der Waals surface area contributed by atoms with Gasteiger partial charge in [-0.1, -0.05) is 23.2 Å². The third-order valence-electron chi connectivity index (χ3n) is 4.25. The first-order valence-corrected chi connectivity index (χ1v) is 8.54. The Morgan fingerprint density at radius 1 is 1.21 bits per heavy atom. The van der Waals surface area contributed by atoms with Crippen LogP contribution in [-0.4, -0.2) is 47.8 Å². The van der Waals surface area contributed by atoms with Crippen molar-refractivity contribution in [2.45, 2.75) is 31.3 Å². The summed E-state index contributed by atoms with van der Waals surface area (Å²) < 4.78 is 0. The predicted molar refractivity (Wildman–Crippen MR) is 90.1 cm³/mol. The molecular weight excluding hydrogens is 353 g/mol. The van der Waals surface area contributed by atoms with Crippen molar-refractivity contribution >= 4 is 40.9 Å². The molecule has 128 valence electrons. The number of rotatable bonds is 3. The van der Waals surface area contributed by atoms with Gasteiger partial charge in [0.25, 0.3) is 5.91 Å². The Bertz CT molecular complexity index is 675. The second kappa shape index (κ2) is 6.99. The maximum atomic E-state index is 12.7. The summed E-state index contributed by atoms with van der Waals surface area (Å²) in [4.78, 5) is 38.0. The van der Waals surface area contributed by atoms with Crippen LogP contribution in [0.4, 0.5) is 0 Å². The first kappa shape index (κ1) is 17.0. The van der Waals surface area contributed by atoms with Gasteiger partial charge in [-0.3, -0.25) is 14.4 Å². The molecule has 2 N–H and O–H groups in total. The highest BCUT2D eigenvalue weighted by Gasteiger charge is 2.36. The van der Waals surface area contributed by atoms with Crippen LogP contribution in [-0.2, 0) is 9.59 Å². The molecule has 1 aromatic rings. The van der Waals surface area contributed by atoms with Gasteiger partial charge in [0.15, 0.2) is 0 Å². The Hall–Kier alpha value is -1.79. The number of likely N-dealkylation sites (tertiary alicyclic amines) is 1. The number of amides is 3. The molecule has 3 rings (SSSR count). The van der Waals surface area contributed by atoms with Crippen molar-refractivity contribution in [3.8, 4) is 0 Å². The molecule has 24 heavy (non-hydrogen) atoms. The molecule has 2 fully saturated rings. The Kier molecular flexibility index (Phi) is 4.96. The fourth-order valence-electron chi connectivity index (χ4n) is 3.13. The lowest BCUT2D eigenvalue weighted by Gasteiger charge is -2.25. The molecule has 2 heterocycles. The maximum absolute atomic E-state index is 12.7. The molecule has 0 spiro atoms. The number of benzene rings is 1. The fourth-order valence-corrected chi connectivity index (χ4v) is 3.66. The zero-order valence-electron chi connectivity index (χ0n) is 12.9. The first-order valence-electron chi connectivity index (χ1n) is 7.78. The van der Waals surface area contributed by atoms with Crippen LogP contribution in [0, 0.1) is 0 Å². The monoisotopic (exact) mass is 369 g/mol. The quantitative estimate of drug-likeness (QED) is 0.849. The lowest BCUT2D eigenvalue weighted by Crippen LogP contribution is -2.49. The molecule has 0 aliphatic carbocycles. The lowest BCUT2D eigenvalue weighted by atomic mass is 10.1. The third-order valence-corrected chi connectivity index (χ3v) is 4.69. The lowest BCUT2D eigenvalue weighted by molar-refractivity contribution is -0.125. The molecule has 2 aliphatic heterocycles. The molecule has 1 aromatic carbocycles. The van der Waals surface area contributed by atoms with Crippen molar-refractivity contribution in [1.29, 1.82) is 0 Å². The van der Waals surface area contributed by atoms with Crippen molar-refractivity contribution in [2.24, 2.45) is 0 Å². The van der Waals surface area contributed by atoms with Crippen LogP contribution in [0.2, 0.25) is 10.0 Å². The smallest absolute Gasteiger partial charge is 0.254 e. The molecular formula is C16H17Cl2N3O3. The largest absolute Gasteiger partial charge is 0.354 e. The van der Waals surface area contributed by atoms with E-state index in [0.717, 1.165) is 6.42 Å². The summed E-state index contributed by atoms with van der Waals surface area (Å²) in [5.41, 5.74) is 0.366. The van der Waals surface area contributed by atoms with E-state index < -0.39 is 6.04 Å². The van der Waals surface area contributed by atoms with Crippen molar-refractivity contribution in [1.82, 2.24) is 15.5 Å². The maximum Gasteiger partial charge on any atom is 0.254 e. The van der Waals surface area contributed by atoms with E-state index in [-0.39, 0.29) is 30.2 Å². The summed E-state index contributed by atoms with van der Waals surface area (Å²) in [6, 6.07) is 3.89. The van der Waals surface area contributed by atoms with E-state index in [2.05, 4.69) is 10.6 Å². The zero-order valence-corrected chi connectivity index (χ0v) is 14.4. The molecule has 2 atom stereocenters. The molecule has 2 aliphatic rings. The Morgan fingerprint density at radius 2 is 1.92 bits per heavy atom. The minimum atomic E-state index is -0.536. The average Bonchev–Trinajstić information content (AvgIpc) is 3.14. The standard InChI is InChI=1S/C16H17Cl2N3O3/c17-10-4-9(5-11(18)6-10)16(24)21-3-1-2-13(21)15(23)20-12-7-14(22)19-8-12/h4-6,12-13H,1-3,7-8H2,(H,19,22)(H,20,23). The molecule has 2 unspecified atom stereocenters. The van der Waals surface area contributed by atoms with E-state index in [0.29, 0.717) is 35.1 Å². The third kappa shape index (κ3) is 3.65. The number of nitrogens with one attached hydrogen (secondary N) is 2. The van der Waals surface area contributed by atoms with Crippen molar-refractivity contribution in [3.63, 3.8) is 0 Å². The van der Waals surface area contributed by atoms with Crippen molar-refractivity contribution < 1.29 is 14.4 Å². The van der Waals surface area contributed by atoms with Crippen LogP contribution in [0.3, 0.4) is 0 Å². The highest BCUT2D eigenvalue weighted by atomic mass is 35.5. The average molecular weight is 370 g/mol. The van der Waals surface area contributed by atoms with Gasteiger partial charge in [0.05, 0.1) is 6.04 Å². The van der Waals surface area contributed by atoms with E-state index in [1.807, 2.05) is 0 Å². The van der Waals surface area contributed by atoms with Gasteiger partial charge in [0.2, 0.25) is 11.8 Å². The van der Waals surface area contributed by atoms with E-state index in [4.69, 9.17) is 23.2 Å². The van der Waals surface area contributed by atoms with E-state index >= 15 is 0 Å². The second-order valence-corrected chi connectivity index (χ2v) is 6.90. The number of halogens is 2. The van der Waals surface area contributed by atoms with Crippen molar-refractivity contribution in [2.75, 3.05) is 13.1 Å². The Labute approximate surface area is 149 Å². The molecule has 0 radical (unpaired) electrons. The van der Waals surface area contributed by atoms with Gasteiger partial charge in [-0.2, -0.15) is 0 Å². The first-order chi connectivity index (χ1) is 11.4. The summed E-state index contributed by atoms with van der Waals surface area (Å²) in [5, 5.41) is 6.27. The number of nitrogens with zero attached hydrogens (tertiary/aromatic N) is 1. The van der Waals surface area contributed by atoms with Crippen LogP contribution < -0.4 is 10.6 Å². The fraction of sp³-hybridized carbons (Fsp3) is 0.438. The number of carbonyl (C=O) groups excluding carboxylic acids is 3. The summed E-state index contributed by atoms with van der Waals surface area (Å²) in [6.07, 6.45) is 1.62. The van der Waals surface area contributed by atoms with Gasteiger partial charge in [0, 0.05) is 35.1 Å². The number of hydrogen-bond donors (Lipinski definition) is 2. The van der Waals surface area contributed by atoms with Crippen LogP contribution in [0.25, 0.3) is 0 Å². The number of hydrogen-bond acceptors (Lipinski definition) is 3. The van der Waals surface area contributed by atoms with Gasteiger partial charge in [-0.25, -0.2) is 0 Å². The molecule has 3 amide bonds. The van der Waals surface area contributed by atoms with Crippen LogP contribution in [0.15, 0.2) is 18.2 Å². The molecule has 0 saturated carbocycles. The van der Waals surface area contributed by atoms with E-state index in [1.165, 1.54) is 0 Å². The molecule has 6 nitrogen and oxygen atoms in total. The minimum Gasteiger partial charge on any atom is -0.354 e. The van der Waals surface area contributed by atoms with Gasteiger partial charge in [0.1, 0.15) is 6.04 Å². The number of carbonyl (C=O) groups is 3. The Morgan fingerprint density at radius 3 is 2.54 bits per heavy atom. The minimum absolute atomic E-state index is 0.0757. The molecule has 2 saturated heterocycles. The van der Waals surface area contributed by atoms with E-state index in [1.54, 1.807) is 23.1 Å². The summed E-state index contributed by atoms with van der Waals surface area (Å²) in [6.45, 7) is 0.929. The van der Waals surface area contributed by atoms with Crippen LogP contribution >= 0.6 is 23.2 Å². The van der Waals surface area contributed by atoms with Crippen LogP contribution in [0.5, 0.6) is 0 Å². The SMILES string of the molecule is O=C1CC(NC(=O)C2CCCN2C(=O)c2cc(Cl)cc(Cl)c2)CN1. The van der Waals surface area contributed by atoms with Gasteiger partial charge < -0.3 is 15.5 Å². The van der Waals surface area contributed by atoms with Crippen molar-refractivity contribution in [3.05, 3.63) is 33.8 Å². The molecule has 0 bridgehead atoms. The highest BCUT2D eigenvalue weighted by molar-refractivity contribution is 6.35. The van der Waals surface area contributed by atoms with Gasteiger partial charge in [-0.15, -0.1) is 0 Å². The van der Waals surface area contributed by atoms with Gasteiger partial charge >= 0.3 is 0 Å².